The standard InChI is InChI=1S/C24H32N2O2S/c1-3-5-17-25-24(28)22(4-2)26(18-16-20-12-8-6-9-13-20)23(27)19-29-21-14-10-7-11-15-21/h6-15,22H,3-5,16-19H2,1-2H3,(H,25,28)/t22-/m1/s1. The summed E-state index contributed by atoms with van der Waals surface area (Å²) in [6, 6.07) is 19.6. The van der Waals surface area contributed by atoms with Crippen LogP contribution in [-0.2, 0) is 16.0 Å². The third-order valence-corrected chi connectivity index (χ3v) is 5.80. The molecule has 0 saturated heterocycles. The van der Waals surface area contributed by atoms with Crippen LogP contribution in [0.15, 0.2) is 65.6 Å². The number of carbonyl (C=O) groups excluding carboxylic acids is 2. The third kappa shape index (κ3) is 7.94. The second-order valence-electron chi connectivity index (χ2n) is 6.99. The van der Waals surface area contributed by atoms with Crippen LogP contribution in [0.25, 0.3) is 0 Å². The summed E-state index contributed by atoms with van der Waals surface area (Å²) < 4.78 is 0. The molecule has 5 heteroatoms. The molecule has 1 atom stereocenters. The smallest absolute Gasteiger partial charge is 0.242 e. The van der Waals surface area contributed by atoms with Crippen molar-refractivity contribution in [2.75, 3.05) is 18.8 Å². The number of hydrogen-bond acceptors (Lipinski definition) is 3. The Bertz CT molecular complexity index is 737. The van der Waals surface area contributed by atoms with Gasteiger partial charge in [-0.2, -0.15) is 0 Å². The van der Waals surface area contributed by atoms with Crippen LogP contribution in [0.3, 0.4) is 0 Å². The lowest BCUT2D eigenvalue weighted by molar-refractivity contribution is -0.138. The van der Waals surface area contributed by atoms with Crippen LogP contribution >= 0.6 is 11.8 Å². The largest absolute Gasteiger partial charge is 0.354 e. The fourth-order valence-corrected chi connectivity index (χ4v) is 3.95. The number of amides is 2. The monoisotopic (exact) mass is 412 g/mol. The molecular weight excluding hydrogens is 380 g/mol. The number of thioether (sulfide) groups is 1. The first kappa shape index (κ1) is 23.0. The number of benzene rings is 2. The Hall–Kier alpha value is -2.27. The van der Waals surface area contributed by atoms with E-state index >= 15 is 0 Å². The van der Waals surface area contributed by atoms with E-state index in [1.54, 1.807) is 4.90 Å². The number of nitrogens with one attached hydrogen (secondary N) is 1. The molecule has 0 unspecified atom stereocenters. The molecule has 1 N–H and O–H groups in total. The summed E-state index contributed by atoms with van der Waals surface area (Å²) in [6.07, 6.45) is 3.32. The second kappa shape index (κ2) is 13.0. The molecule has 2 rings (SSSR count). The van der Waals surface area contributed by atoms with Gasteiger partial charge in [0.2, 0.25) is 11.8 Å². The van der Waals surface area contributed by atoms with Crippen molar-refractivity contribution in [2.24, 2.45) is 0 Å². The minimum atomic E-state index is -0.431. The van der Waals surface area contributed by atoms with Gasteiger partial charge in [0.05, 0.1) is 5.75 Å². The lowest BCUT2D eigenvalue weighted by Gasteiger charge is -2.30. The molecule has 0 aromatic heterocycles. The van der Waals surface area contributed by atoms with Crippen LogP contribution in [0.2, 0.25) is 0 Å². The van der Waals surface area contributed by atoms with Crippen LogP contribution < -0.4 is 5.32 Å². The van der Waals surface area contributed by atoms with Crippen LogP contribution in [0.5, 0.6) is 0 Å². The van der Waals surface area contributed by atoms with Gasteiger partial charge >= 0.3 is 0 Å². The molecule has 0 bridgehead atoms. The number of rotatable bonds is 12. The average molecular weight is 413 g/mol. The molecule has 0 aliphatic rings. The van der Waals surface area contributed by atoms with Gasteiger partial charge in [0.15, 0.2) is 0 Å². The maximum absolute atomic E-state index is 13.1. The van der Waals surface area contributed by atoms with Gasteiger partial charge in [0.25, 0.3) is 0 Å². The molecule has 0 aliphatic carbocycles. The Labute approximate surface area is 179 Å². The quantitative estimate of drug-likeness (QED) is 0.411. The first-order chi connectivity index (χ1) is 14.2. The van der Waals surface area contributed by atoms with Crippen molar-refractivity contribution in [3.8, 4) is 0 Å². The zero-order chi connectivity index (χ0) is 20.9. The van der Waals surface area contributed by atoms with Gasteiger partial charge < -0.3 is 10.2 Å². The normalized spacial score (nSPS) is 11.7. The maximum Gasteiger partial charge on any atom is 0.242 e. The Morgan fingerprint density at radius 2 is 1.66 bits per heavy atom. The van der Waals surface area contributed by atoms with E-state index in [1.165, 1.54) is 17.3 Å². The van der Waals surface area contributed by atoms with E-state index in [9.17, 15) is 9.59 Å². The van der Waals surface area contributed by atoms with Crippen LogP contribution in [0.1, 0.15) is 38.7 Å². The molecule has 0 saturated carbocycles. The van der Waals surface area contributed by atoms with Crippen molar-refractivity contribution in [3.63, 3.8) is 0 Å². The molecule has 0 aliphatic heterocycles. The highest BCUT2D eigenvalue weighted by Crippen LogP contribution is 2.19. The number of hydrogen-bond donors (Lipinski definition) is 1. The highest BCUT2D eigenvalue weighted by Gasteiger charge is 2.27. The first-order valence-corrected chi connectivity index (χ1v) is 11.4. The van der Waals surface area contributed by atoms with E-state index in [2.05, 4.69) is 24.4 Å². The summed E-state index contributed by atoms with van der Waals surface area (Å²) in [5.74, 6) is 0.289. The van der Waals surface area contributed by atoms with Gasteiger partial charge in [-0.15, -0.1) is 11.8 Å². The summed E-state index contributed by atoms with van der Waals surface area (Å²) in [5, 5.41) is 3.00. The predicted octanol–water partition coefficient (Wildman–Crippen LogP) is 4.54. The third-order valence-electron chi connectivity index (χ3n) is 4.81. The number of nitrogens with zero attached hydrogens (tertiary/aromatic N) is 1. The highest BCUT2D eigenvalue weighted by molar-refractivity contribution is 8.00. The Morgan fingerprint density at radius 1 is 1.00 bits per heavy atom. The van der Waals surface area contributed by atoms with Gasteiger partial charge in [-0.3, -0.25) is 9.59 Å². The molecule has 4 nitrogen and oxygen atoms in total. The van der Waals surface area contributed by atoms with E-state index in [0.29, 0.717) is 25.3 Å². The number of carbonyl (C=O) groups is 2. The summed E-state index contributed by atoms with van der Waals surface area (Å²) in [5.41, 5.74) is 1.17. The van der Waals surface area contributed by atoms with Crippen LogP contribution in [0, 0.1) is 0 Å². The highest BCUT2D eigenvalue weighted by atomic mass is 32.2. The lowest BCUT2D eigenvalue weighted by atomic mass is 10.1. The van der Waals surface area contributed by atoms with E-state index in [0.717, 1.165) is 24.2 Å². The predicted molar refractivity (Wildman–Crippen MR) is 121 cm³/mol. The molecule has 2 aromatic rings. The zero-order valence-corrected chi connectivity index (χ0v) is 18.3. The lowest BCUT2D eigenvalue weighted by Crippen LogP contribution is -2.50. The molecule has 0 radical (unpaired) electrons. The molecule has 156 valence electrons. The van der Waals surface area contributed by atoms with Crippen molar-refractivity contribution in [2.45, 2.75) is 50.5 Å². The van der Waals surface area contributed by atoms with E-state index in [1.807, 2.05) is 55.5 Å². The summed E-state index contributed by atoms with van der Waals surface area (Å²) in [6.45, 7) is 5.26. The molecular formula is C24H32N2O2S. The van der Waals surface area contributed by atoms with Gasteiger partial charge in [-0.1, -0.05) is 68.8 Å². The fourth-order valence-electron chi connectivity index (χ4n) is 3.15. The summed E-state index contributed by atoms with van der Waals surface area (Å²) in [4.78, 5) is 28.7. The van der Waals surface area contributed by atoms with E-state index in [-0.39, 0.29) is 11.8 Å². The molecule has 0 spiro atoms. The molecule has 0 fully saturated rings. The van der Waals surface area contributed by atoms with Crippen molar-refractivity contribution in [1.82, 2.24) is 10.2 Å². The van der Waals surface area contributed by atoms with Crippen molar-refractivity contribution >= 4 is 23.6 Å². The summed E-state index contributed by atoms with van der Waals surface area (Å²) >= 11 is 1.52. The maximum atomic E-state index is 13.1. The summed E-state index contributed by atoms with van der Waals surface area (Å²) in [7, 11) is 0. The first-order valence-electron chi connectivity index (χ1n) is 10.4. The number of unbranched alkanes of at least 4 members (excludes halogenated alkanes) is 1. The van der Waals surface area contributed by atoms with Crippen LogP contribution in [-0.4, -0.2) is 41.6 Å². The van der Waals surface area contributed by atoms with Gasteiger partial charge in [-0.25, -0.2) is 0 Å². The Morgan fingerprint density at radius 3 is 2.28 bits per heavy atom. The van der Waals surface area contributed by atoms with Gasteiger partial charge in [-0.05, 0) is 37.0 Å². The molecule has 29 heavy (non-hydrogen) atoms. The Balaban J connectivity index is 2.07. The van der Waals surface area contributed by atoms with Crippen molar-refractivity contribution < 1.29 is 9.59 Å². The fraction of sp³-hybridized carbons (Fsp3) is 0.417. The van der Waals surface area contributed by atoms with Gasteiger partial charge in [0.1, 0.15) is 6.04 Å². The average Bonchev–Trinajstić information content (AvgIpc) is 2.76. The molecule has 0 heterocycles. The molecule has 2 aromatic carbocycles. The SMILES string of the molecule is CCCCNC(=O)[C@@H](CC)N(CCc1ccccc1)C(=O)CSc1ccccc1. The minimum Gasteiger partial charge on any atom is -0.354 e. The van der Waals surface area contributed by atoms with Crippen molar-refractivity contribution in [3.05, 3.63) is 66.2 Å². The minimum absolute atomic E-state index is 0.00674. The van der Waals surface area contributed by atoms with Gasteiger partial charge in [0, 0.05) is 18.0 Å². The van der Waals surface area contributed by atoms with E-state index in [4.69, 9.17) is 0 Å². The zero-order valence-electron chi connectivity index (χ0n) is 17.5. The van der Waals surface area contributed by atoms with E-state index < -0.39 is 6.04 Å². The second-order valence-corrected chi connectivity index (χ2v) is 8.04. The molecule has 2 amide bonds. The topological polar surface area (TPSA) is 49.4 Å². The van der Waals surface area contributed by atoms with Crippen molar-refractivity contribution in [1.29, 1.82) is 0 Å². The van der Waals surface area contributed by atoms with Crippen LogP contribution in [0.4, 0.5) is 0 Å². The Kier molecular flexibility index (Phi) is 10.4.